The van der Waals surface area contributed by atoms with Crippen LogP contribution in [0.4, 0.5) is 0 Å². The van der Waals surface area contributed by atoms with Gasteiger partial charge in [0, 0.05) is 23.3 Å². The van der Waals surface area contributed by atoms with E-state index in [1.54, 1.807) is 11.3 Å². The van der Waals surface area contributed by atoms with Gasteiger partial charge in [0.05, 0.1) is 5.02 Å². The van der Waals surface area contributed by atoms with E-state index in [2.05, 4.69) is 0 Å². The van der Waals surface area contributed by atoms with Crippen LogP contribution in [0.3, 0.4) is 0 Å². The van der Waals surface area contributed by atoms with E-state index in [4.69, 9.17) is 11.6 Å². The van der Waals surface area contributed by atoms with Crippen molar-refractivity contribution in [2.24, 2.45) is 0 Å². The molecular weight excluding hydrogens is 294 g/mol. The van der Waals surface area contributed by atoms with Crippen molar-refractivity contribution >= 4 is 28.9 Å². The normalized spacial score (nSPS) is 18.8. The molecule has 0 bridgehead atoms. The van der Waals surface area contributed by atoms with Gasteiger partial charge in [-0.2, -0.15) is 0 Å². The molecule has 1 atom stereocenters. The maximum absolute atomic E-state index is 11.7. The summed E-state index contributed by atoms with van der Waals surface area (Å²) < 4.78 is 0. The van der Waals surface area contributed by atoms with Gasteiger partial charge >= 0.3 is 5.97 Å². The molecule has 1 aliphatic heterocycles. The highest BCUT2D eigenvalue weighted by Crippen LogP contribution is 2.32. The molecule has 1 aliphatic rings. The summed E-state index contributed by atoms with van der Waals surface area (Å²) in [6.45, 7) is 1.38. The summed E-state index contributed by atoms with van der Waals surface area (Å²) in [6, 6.07) is 9.14. The summed E-state index contributed by atoms with van der Waals surface area (Å²) in [5.41, 5.74) is 2.05. The van der Waals surface area contributed by atoms with Crippen molar-refractivity contribution in [2.45, 2.75) is 19.0 Å². The second-order valence-corrected chi connectivity index (χ2v) is 6.32. The number of fused-ring (bicyclic) bond motifs is 1. The van der Waals surface area contributed by atoms with Crippen LogP contribution in [-0.2, 0) is 17.8 Å². The number of nitrogens with zero attached hydrogens (tertiary/aromatic N) is 1. The zero-order chi connectivity index (χ0) is 14.1. The molecule has 0 aliphatic carbocycles. The van der Waals surface area contributed by atoms with Gasteiger partial charge in [-0.05, 0) is 23.6 Å². The van der Waals surface area contributed by atoms with E-state index >= 15 is 0 Å². The first kappa shape index (κ1) is 13.6. The van der Waals surface area contributed by atoms with Gasteiger partial charge in [-0.25, -0.2) is 0 Å². The van der Waals surface area contributed by atoms with E-state index < -0.39 is 12.0 Å². The molecule has 1 aromatic heterocycles. The molecule has 1 unspecified atom stereocenters. The minimum absolute atomic E-state index is 0.569. The summed E-state index contributed by atoms with van der Waals surface area (Å²) in [5.74, 6) is -0.792. The number of halogens is 1. The van der Waals surface area contributed by atoms with Gasteiger partial charge < -0.3 is 5.11 Å². The molecule has 2 heterocycles. The van der Waals surface area contributed by atoms with Crippen LogP contribution < -0.4 is 0 Å². The molecule has 0 saturated heterocycles. The standard InChI is InChI=1S/C15H14ClNO2S/c16-11-7-12(20-9-11)8-17-6-5-10-3-1-2-4-13(10)14(17)15(18)19/h1-4,7,9,14H,5-6,8H2,(H,18,19). The Morgan fingerprint density at radius 1 is 1.45 bits per heavy atom. The molecule has 5 heteroatoms. The van der Waals surface area contributed by atoms with Crippen molar-refractivity contribution in [1.82, 2.24) is 4.90 Å². The Bertz CT molecular complexity index is 640. The fraction of sp³-hybridized carbons (Fsp3) is 0.267. The Balaban J connectivity index is 1.90. The third-order valence-corrected chi connectivity index (χ3v) is 4.87. The third kappa shape index (κ3) is 2.59. The van der Waals surface area contributed by atoms with Crippen molar-refractivity contribution in [3.8, 4) is 0 Å². The maximum Gasteiger partial charge on any atom is 0.325 e. The zero-order valence-corrected chi connectivity index (χ0v) is 12.3. The predicted molar refractivity (Wildman–Crippen MR) is 80.3 cm³/mol. The number of rotatable bonds is 3. The minimum Gasteiger partial charge on any atom is -0.480 e. The first-order valence-corrected chi connectivity index (χ1v) is 7.68. The second kappa shape index (κ2) is 5.56. The molecule has 3 nitrogen and oxygen atoms in total. The summed E-state index contributed by atoms with van der Waals surface area (Å²) in [7, 11) is 0. The average molecular weight is 308 g/mol. The fourth-order valence-corrected chi connectivity index (χ4v) is 3.81. The Hall–Kier alpha value is -1.36. The number of thiophene rings is 1. The fourth-order valence-electron chi connectivity index (χ4n) is 2.71. The molecule has 0 saturated carbocycles. The van der Waals surface area contributed by atoms with Crippen LogP contribution in [0, 0.1) is 0 Å². The number of carboxylic acid groups (broad SMARTS) is 1. The summed E-state index contributed by atoms with van der Waals surface area (Å²) in [5, 5.41) is 12.2. The van der Waals surface area contributed by atoms with E-state index in [1.165, 1.54) is 0 Å². The van der Waals surface area contributed by atoms with Gasteiger partial charge in [0.25, 0.3) is 0 Å². The molecule has 2 aromatic rings. The molecule has 0 amide bonds. The third-order valence-electron chi connectivity index (χ3n) is 3.60. The van der Waals surface area contributed by atoms with E-state index in [0.29, 0.717) is 11.6 Å². The smallest absolute Gasteiger partial charge is 0.325 e. The number of carbonyl (C=O) groups is 1. The van der Waals surface area contributed by atoms with Gasteiger partial charge in [0.15, 0.2) is 0 Å². The highest BCUT2D eigenvalue weighted by molar-refractivity contribution is 7.10. The van der Waals surface area contributed by atoms with Gasteiger partial charge in [0.2, 0.25) is 0 Å². The first-order chi connectivity index (χ1) is 9.65. The van der Waals surface area contributed by atoms with Gasteiger partial charge in [0.1, 0.15) is 6.04 Å². The van der Waals surface area contributed by atoms with Crippen molar-refractivity contribution in [3.05, 3.63) is 56.7 Å². The Labute approximate surface area is 126 Å². The predicted octanol–water partition coefficient (Wildman–Crippen LogP) is 3.59. The van der Waals surface area contributed by atoms with Crippen LogP contribution in [0.15, 0.2) is 35.7 Å². The quantitative estimate of drug-likeness (QED) is 0.942. The zero-order valence-electron chi connectivity index (χ0n) is 10.8. The lowest BCUT2D eigenvalue weighted by Crippen LogP contribution is -2.39. The lowest BCUT2D eigenvalue weighted by Gasteiger charge is -2.34. The maximum atomic E-state index is 11.7. The average Bonchev–Trinajstić information content (AvgIpc) is 2.83. The number of carboxylic acids is 1. The van der Waals surface area contributed by atoms with Crippen LogP contribution >= 0.6 is 22.9 Å². The van der Waals surface area contributed by atoms with Crippen LogP contribution in [0.5, 0.6) is 0 Å². The SMILES string of the molecule is O=C(O)C1c2ccccc2CCN1Cc1cc(Cl)cs1. The van der Waals surface area contributed by atoms with Crippen LogP contribution in [0.1, 0.15) is 22.0 Å². The topological polar surface area (TPSA) is 40.5 Å². The Morgan fingerprint density at radius 2 is 2.25 bits per heavy atom. The van der Waals surface area contributed by atoms with Crippen LogP contribution in [-0.4, -0.2) is 22.5 Å². The number of aliphatic carboxylic acids is 1. The van der Waals surface area contributed by atoms with Gasteiger partial charge in [-0.15, -0.1) is 11.3 Å². The highest BCUT2D eigenvalue weighted by Gasteiger charge is 2.32. The number of hydrogen-bond acceptors (Lipinski definition) is 3. The molecule has 20 heavy (non-hydrogen) atoms. The number of benzene rings is 1. The summed E-state index contributed by atoms with van der Waals surface area (Å²) in [6.07, 6.45) is 0.888. The molecule has 0 radical (unpaired) electrons. The minimum atomic E-state index is -0.792. The highest BCUT2D eigenvalue weighted by atomic mass is 35.5. The summed E-state index contributed by atoms with van der Waals surface area (Å²) >= 11 is 7.51. The molecular formula is C15H14ClNO2S. The van der Waals surface area contributed by atoms with Crippen LogP contribution in [0.25, 0.3) is 0 Å². The monoisotopic (exact) mass is 307 g/mol. The van der Waals surface area contributed by atoms with Gasteiger partial charge in [-0.3, -0.25) is 9.69 Å². The van der Waals surface area contributed by atoms with E-state index in [-0.39, 0.29) is 0 Å². The molecule has 3 rings (SSSR count). The molecule has 1 aromatic carbocycles. The Kier molecular flexibility index (Phi) is 3.78. The lowest BCUT2D eigenvalue weighted by molar-refractivity contribution is -0.144. The molecule has 0 fully saturated rings. The van der Waals surface area contributed by atoms with Crippen molar-refractivity contribution < 1.29 is 9.90 Å². The lowest BCUT2D eigenvalue weighted by atomic mass is 9.92. The second-order valence-electron chi connectivity index (χ2n) is 4.89. The van der Waals surface area contributed by atoms with E-state index in [9.17, 15) is 9.90 Å². The van der Waals surface area contributed by atoms with Crippen molar-refractivity contribution in [2.75, 3.05) is 6.54 Å². The first-order valence-electron chi connectivity index (χ1n) is 6.43. The van der Waals surface area contributed by atoms with Crippen LogP contribution in [0.2, 0.25) is 5.02 Å². The van der Waals surface area contributed by atoms with Gasteiger partial charge in [-0.1, -0.05) is 35.9 Å². The number of hydrogen-bond donors (Lipinski definition) is 1. The molecule has 104 valence electrons. The van der Waals surface area contributed by atoms with E-state index in [0.717, 1.165) is 29.0 Å². The molecule has 0 spiro atoms. The molecule has 1 N–H and O–H groups in total. The van der Waals surface area contributed by atoms with Crippen molar-refractivity contribution in [1.29, 1.82) is 0 Å². The van der Waals surface area contributed by atoms with E-state index in [1.807, 2.05) is 40.6 Å². The Morgan fingerprint density at radius 3 is 2.95 bits per heavy atom. The largest absolute Gasteiger partial charge is 0.480 e. The van der Waals surface area contributed by atoms with Crippen molar-refractivity contribution in [3.63, 3.8) is 0 Å². The summed E-state index contributed by atoms with van der Waals surface area (Å²) in [4.78, 5) is 14.8.